The molecule has 0 spiro atoms. The smallest absolute Gasteiger partial charge is 0.141 e. The lowest BCUT2D eigenvalue weighted by atomic mass is 9.87. The molecule has 0 bridgehead atoms. The summed E-state index contributed by atoms with van der Waals surface area (Å²) in [6.45, 7) is 0. The number of aromatic nitrogens is 2. The summed E-state index contributed by atoms with van der Waals surface area (Å²) in [6, 6.07) is 19.1. The van der Waals surface area contributed by atoms with E-state index in [0.717, 1.165) is 40.7 Å². The quantitative estimate of drug-likeness (QED) is 0.453. The van der Waals surface area contributed by atoms with Crippen LogP contribution in [0.15, 0.2) is 67.0 Å². The van der Waals surface area contributed by atoms with E-state index in [9.17, 15) is 0 Å². The van der Waals surface area contributed by atoms with Gasteiger partial charge in [-0.1, -0.05) is 30.3 Å². The third kappa shape index (κ3) is 3.32. The van der Waals surface area contributed by atoms with Crippen molar-refractivity contribution in [3.8, 4) is 16.9 Å². The van der Waals surface area contributed by atoms with Crippen LogP contribution in [0.2, 0.25) is 0 Å². The Kier molecular flexibility index (Phi) is 4.71. The van der Waals surface area contributed by atoms with Crippen molar-refractivity contribution in [3.05, 3.63) is 78.1 Å². The van der Waals surface area contributed by atoms with Crippen LogP contribution in [0.4, 0.5) is 11.4 Å². The van der Waals surface area contributed by atoms with E-state index >= 15 is 0 Å². The van der Waals surface area contributed by atoms with Gasteiger partial charge in [0.25, 0.3) is 0 Å². The number of fused-ring (bicyclic) bond motifs is 2. The number of methoxy groups -OCH3 is 1. The second-order valence-electron chi connectivity index (χ2n) is 7.69. The van der Waals surface area contributed by atoms with E-state index in [2.05, 4.69) is 51.7 Å². The zero-order valence-corrected chi connectivity index (χ0v) is 16.9. The van der Waals surface area contributed by atoms with Gasteiger partial charge in [0.1, 0.15) is 5.75 Å². The summed E-state index contributed by atoms with van der Waals surface area (Å²) in [6.07, 6.45) is 6.90. The van der Waals surface area contributed by atoms with Crippen LogP contribution in [0, 0.1) is 0 Å². The molecule has 0 radical (unpaired) electrons. The van der Waals surface area contributed by atoms with Crippen molar-refractivity contribution in [2.24, 2.45) is 0 Å². The van der Waals surface area contributed by atoms with E-state index < -0.39 is 0 Å². The van der Waals surface area contributed by atoms with Gasteiger partial charge in [0, 0.05) is 23.6 Å². The molecule has 1 aliphatic rings. The Balaban J connectivity index is 1.59. The van der Waals surface area contributed by atoms with Crippen molar-refractivity contribution in [2.75, 3.05) is 18.2 Å². The minimum absolute atomic E-state index is 0.290. The molecule has 5 nitrogen and oxygen atoms in total. The van der Waals surface area contributed by atoms with Crippen molar-refractivity contribution in [1.29, 1.82) is 0 Å². The van der Waals surface area contributed by atoms with Gasteiger partial charge in [0.15, 0.2) is 0 Å². The van der Waals surface area contributed by atoms with Crippen molar-refractivity contribution < 1.29 is 4.74 Å². The van der Waals surface area contributed by atoms with Gasteiger partial charge in [0.05, 0.1) is 29.9 Å². The SMILES string of the molecule is COc1ccc(-c2cc(N[C@@H]3CCCc4ccccc43)cc3nccnc23)cc1N. The van der Waals surface area contributed by atoms with Crippen LogP contribution >= 0.6 is 0 Å². The first kappa shape index (κ1) is 18.4. The maximum absolute atomic E-state index is 6.18. The van der Waals surface area contributed by atoms with E-state index in [4.69, 9.17) is 10.5 Å². The second-order valence-corrected chi connectivity index (χ2v) is 7.69. The molecule has 1 aliphatic carbocycles. The number of nitrogen functional groups attached to an aromatic ring is 1. The normalized spacial score (nSPS) is 15.6. The molecule has 3 aromatic carbocycles. The van der Waals surface area contributed by atoms with E-state index in [1.165, 1.54) is 17.5 Å². The molecule has 0 aliphatic heterocycles. The Bertz CT molecular complexity index is 1220. The number of hydrogen-bond donors (Lipinski definition) is 2. The van der Waals surface area contributed by atoms with Crippen molar-refractivity contribution >= 4 is 22.4 Å². The molecule has 0 fully saturated rings. The largest absolute Gasteiger partial charge is 0.495 e. The zero-order chi connectivity index (χ0) is 20.5. The van der Waals surface area contributed by atoms with Crippen LogP contribution in [0.3, 0.4) is 0 Å². The van der Waals surface area contributed by atoms with Gasteiger partial charge in [-0.2, -0.15) is 0 Å². The average Bonchev–Trinajstić information content (AvgIpc) is 2.79. The summed E-state index contributed by atoms with van der Waals surface area (Å²) in [5.74, 6) is 0.669. The monoisotopic (exact) mass is 396 g/mol. The Morgan fingerprint density at radius 3 is 2.77 bits per heavy atom. The number of rotatable bonds is 4. The second kappa shape index (κ2) is 7.67. The number of ether oxygens (including phenoxy) is 1. The molecule has 0 saturated heterocycles. The molecule has 0 unspecified atom stereocenters. The summed E-state index contributed by atoms with van der Waals surface area (Å²) >= 11 is 0. The topological polar surface area (TPSA) is 73.1 Å². The van der Waals surface area contributed by atoms with Crippen LogP contribution in [0.25, 0.3) is 22.2 Å². The highest BCUT2D eigenvalue weighted by Gasteiger charge is 2.20. The average molecular weight is 396 g/mol. The fourth-order valence-electron chi connectivity index (χ4n) is 4.39. The van der Waals surface area contributed by atoms with Gasteiger partial charge in [-0.25, -0.2) is 0 Å². The summed E-state index contributed by atoms with van der Waals surface area (Å²) in [7, 11) is 1.62. The summed E-state index contributed by atoms with van der Waals surface area (Å²) < 4.78 is 5.32. The first-order chi connectivity index (χ1) is 14.7. The molecule has 1 heterocycles. The number of benzene rings is 3. The summed E-state index contributed by atoms with van der Waals surface area (Å²) in [5, 5.41) is 3.75. The molecule has 5 heteroatoms. The number of nitrogens with zero attached hydrogens (tertiary/aromatic N) is 2. The Hall–Kier alpha value is -3.60. The molecule has 0 amide bonds. The van der Waals surface area contributed by atoms with Gasteiger partial charge in [0.2, 0.25) is 0 Å². The molecular weight excluding hydrogens is 372 g/mol. The molecule has 150 valence electrons. The van der Waals surface area contributed by atoms with E-state index in [1.54, 1.807) is 19.5 Å². The minimum Gasteiger partial charge on any atom is -0.495 e. The molecule has 4 aromatic rings. The van der Waals surface area contributed by atoms with Gasteiger partial charge in [-0.05, 0) is 60.2 Å². The lowest BCUT2D eigenvalue weighted by Crippen LogP contribution is -2.17. The molecule has 3 N–H and O–H groups in total. The standard InChI is InChI=1S/C25H24N4O/c1-30-24-10-9-17(13-21(24)26)20-14-18(15-23-25(20)28-12-11-27-23)29-22-8-4-6-16-5-2-3-7-19(16)22/h2-3,5,7,9-15,22,29H,4,6,8,26H2,1H3/t22-/m1/s1. The maximum Gasteiger partial charge on any atom is 0.141 e. The molecule has 5 rings (SSSR count). The van der Waals surface area contributed by atoms with Crippen LogP contribution in [0.1, 0.15) is 30.0 Å². The van der Waals surface area contributed by atoms with Crippen LogP contribution in [-0.2, 0) is 6.42 Å². The van der Waals surface area contributed by atoms with Crippen LogP contribution in [-0.4, -0.2) is 17.1 Å². The van der Waals surface area contributed by atoms with Crippen molar-refractivity contribution in [2.45, 2.75) is 25.3 Å². The lowest BCUT2D eigenvalue weighted by molar-refractivity contribution is 0.417. The van der Waals surface area contributed by atoms with Gasteiger partial charge < -0.3 is 15.8 Å². The predicted molar refractivity (Wildman–Crippen MR) is 122 cm³/mol. The number of anilines is 2. The van der Waals surface area contributed by atoms with Crippen molar-refractivity contribution in [1.82, 2.24) is 9.97 Å². The van der Waals surface area contributed by atoms with Crippen molar-refractivity contribution in [3.63, 3.8) is 0 Å². The first-order valence-electron chi connectivity index (χ1n) is 10.3. The van der Waals surface area contributed by atoms with Gasteiger partial charge >= 0.3 is 0 Å². The fraction of sp³-hybridized carbons (Fsp3) is 0.200. The summed E-state index contributed by atoms with van der Waals surface area (Å²) in [5.41, 5.74) is 14.3. The molecule has 0 saturated carbocycles. The van der Waals surface area contributed by atoms with Gasteiger partial charge in [-0.3, -0.25) is 9.97 Å². The zero-order valence-electron chi connectivity index (χ0n) is 16.9. The molecule has 30 heavy (non-hydrogen) atoms. The molecule has 1 atom stereocenters. The number of nitrogens with one attached hydrogen (secondary N) is 1. The number of hydrogen-bond acceptors (Lipinski definition) is 5. The Morgan fingerprint density at radius 1 is 1.03 bits per heavy atom. The highest BCUT2D eigenvalue weighted by atomic mass is 16.5. The fourth-order valence-corrected chi connectivity index (χ4v) is 4.39. The number of aryl methyl sites for hydroxylation is 1. The van der Waals surface area contributed by atoms with E-state index in [1.807, 2.05) is 18.2 Å². The van der Waals surface area contributed by atoms with E-state index in [-0.39, 0.29) is 6.04 Å². The maximum atomic E-state index is 6.18. The molecular formula is C25H24N4O. The van der Waals surface area contributed by atoms with Gasteiger partial charge in [-0.15, -0.1) is 0 Å². The first-order valence-corrected chi connectivity index (χ1v) is 10.3. The Labute approximate surface area is 175 Å². The van der Waals surface area contributed by atoms with Crippen LogP contribution < -0.4 is 15.8 Å². The highest BCUT2D eigenvalue weighted by molar-refractivity contribution is 5.95. The molecule has 1 aromatic heterocycles. The van der Waals surface area contributed by atoms with E-state index in [0.29, 0.717) is 11.4 Å². The minimum atomic E-state index is 0.290. The highest BCUT2D eigenvalue weighted by Crippen LogP contribution is 2.37. The summed E-state index contributed by atoms with van der Waals surface area (Å²) in [4.78, 5) is 9.15. The van der Waals surface area contributed by atoms with Crippen LogP contribution in [0.5, 0.6) is 5.75 Å². The lowest BCUT2D eigenvalue weighted by Gasteiger charge is -2.27. The Morgan fingerprint density at radius 2 is 1.90 bits per heavy atom. The predicted octanol–water partition coefficient (Wildman–Crippen LogP) is 5.38. The number of nitrogens with two attached hydrogens (primary N) is 1. The third-order valence-corrected chi connectivity index (χ3v) is 5.82. The third-order valence-electron chi connectivity index (χ3n) is 5.82.